The number of hydrogen-bond donors (Lipinski definition) is 1. The summed E-state index contributed by atoms with van der Waals surface area (Å²) in [7, 11) is 0. The van der Waals surface area contributed by atoms with Gasteiger partial charge < -0.3 is 17.5 Å². The van der Waals surface area contributed by atoms with E-state index in [0.29, 0.717) is 18.0 Å². The van der Waals surface area contributed by atoms with Crippen LogP contribution in [0.4, 0.5) is 0 Å². The Labute approximate surface area is 172 Å². The number of aromatic nitrogens is 1. The Hall–Kier alpha value is -2.91. The van der Waals surface area contributed by atoms with E-state index < -0.39 is 5.97 Å². The lowest BCUT2D eigenvalue weighted by Gasteiger charge is -2.05. The van der Waals surface area contributed by atoms with Crippen LogP contribution in [0.25, 0.3) is 12.2 Å². The monoisotopic (exact) mass is 393 g/mol. The number of pyridine rings is 1. The Morgan fingerprint density at radius 3 is 2.43 bits per heavy atom. The summed E-state index contributed by atoms with van der Waals surface area (Å²) in [6.45, 7) is 5.00. The van der Waals surface area contributed by atoms with Gasteiger partial charge in [0.05, 0.1) is 5.56 Å². The van der Waals surface area contributed by atoms with E-state index in [9.17, 15) is 9.90 Å². The molecule has 0 aliphatic heterocycles. The normalized spacial score (nSPS) is 10.8. The third kappa shape index (κ3) is 5.54. The number of benzene rings is 2. The topological polar surface area (TPSA) is 41.2 Å². The molecule has 1 heterocycles. The van der Waals surface area contributed by atoms with Gasteiger partial charge >= 0.3 is 5.97 Å². The van der Waals surface area contributed by atoms with Gasteiger partial charge in [0.25, 0.3) is 0 Å². The van der Waals surface area contributed by atoms with Crippen molar-refractivity contribution in [2.24, 2.45) is 0 Å². The van der Waals surface area contributed by atoms with E-state index in [1.54, 1.807) is 18.2 Å². The molecule has 0 saturated carbocycles. The maximum atomic E-state index is 11.2. The molecule has 0 bridgehead atoms. The van der Waals surface area contributed by atoms with Crippen molar-refractivity contribution < 1.29 is 26.9 Å². The second kappa shape index (κ2) is 9.86. The van der Waals surface area contributed by atoms with Crippen LogP contribution in [0.2, 0.25) is 0 Å². The van der Waals surface area contributed by atoms with Crippen LogP contribution >= 0.6 is 0 Å². The largest absolute Gasteiger partial charge is 1.00 e. The van der Waals surface area contributed by atoms with E-state index in [4.69, 9.17) is 0 Å². The fraction of sp³-hybridized carbons (Fsp3) is 0.167. The highest BCUT2D eigenvalue weighted by Crippen LogP contribution is 2.16. The Kier molecular flexibility index (Phi) is 7.53. The summed E-state index contributed by atoms with van der Waals surface area (Å²) in [6.07, 6.45) is 6.20. The van der Waals surface area contributed by atoms with Crippen LogP contribution in [-0.2, 0) is 6.54 Å². The highest BCUT2D eigenvalue weighted by atomic mass is 35.5. The van der Waals surface area contributed by atoms with Crippen molar-refractivity contribution in [1.29, 1.82) is 0 Å². The molecule has 3 nitrogen and oxygen atoms in total. The van der Waals surface area contributed by atoms with E-state index in [-0.39, 0.29) is 12.4 Å². The van der Waals surface area contributed by atoms with E-state index in [0.717, 1.165) is 16.8 Å². The third-order valence-corrected chi connectivity index (χ3v) is 4.55. The molecule has 0 unspecified atom stereocenters. The SMILES string of the molecule is CC(C)c1ccc(/C=C/c2cccc[n+]2Cc2cccc(C(=O)O)c2)cc1.[Cl-]. The summed E-state index contributed by atoms with van der Waals surface area (Å²) < 4.78 is 2.11. The van der Waals surface area contributed by atoms with Crippen LogP contribution in [-0.4, -0.2) is 11.1 Å². The Bertz CT molecular complexity index is 962. The average Bonchev–Trinajstić information content (AvgIpc) is 2.68. The van der Waals surface area contributed by atoms with Crippen LogP contribution in [0.1, 0.15) is 52.5 Å². The standard InChI is InChI=1S/C24H23NO2.ClH/c1-18(2)21-12-9-19(10-13-21)11-14-23-8-3-4-15-25(23)17-20-6-5-7-22(16-20)24(26)27;/h3-16,18H,17H2,1-2H3;1H/b14-11+;. The van der Waals surface area contributed by atoms with Gasteiger partial charge in [-0.2, -0.15) is 4.57 Å². The number of carbonyl (C=O) groups is 1. The molecular weight excluding hydrogens is 370 g/mol. The van der Waals surface area contributed by atoms with Crippen molar-refractivity contribution >= 4 is 18.1 Å². The average molecular weight is 394 g/mol. The van der Waals surface area contributed by atoms with Crippen molar-refractivity contribution in [3.8, 4) is 0 Å². The number of rotatable bonds is 6. The molecule has 3 rings (SSSR count). The van der Waals surface area contributed by atoms with Crippen LogP contribution in [0.15, 0.2) is 72.9 Å². The van der Waals surface area contributed by atoms with E-state index in [2.05, 4.69) is 60.9 Å². The molecule has 144 valence electrons. The zero-order valence-electron chi connectivity index (χ0n) is 16.0. The first-order valence-electron chi connectivity index (χ1n) is 9.11. The minimum atomic E-state index is -0.903. The Morgan fingerprint density at radius 1 is 1.00 bits per heavy atom. The Balaban J connectivity index is 0.00000280. The third-order valence-electron chi connectivity index (χ3n) is 4.55. The van der Waals surface area contributed by atoms with Gasteiger partial charge in [-0.1, -0.05) is 50.2 Å². The highest BCUT2D eigenvalue weighted by Gasteiger charge is 2.10. The number of nitrogens with zero attached hydrogens (tertiary/aromatic N) is 1. The van der Waals surface area contributed by atoms with Crippen LogP contribution in [0.3, 0.4) is 0 Å². The van der Waals surface area contributed by atoms with Crippen LogP contribution in [0, 0.1) is 0 Å². The lowest BCUT2D eigenvalue weighted by atomic mass is 10.0. The van der Waals surface area contributed by atoms with Crippen molar-refractivity contribution in [2.45, 2.75) is 26.3 Å². The Morgan fingerprint density at radius 2 is 1.75 bits per heavy atom. The number of halogens is 1. The van der Waals surface area contributed by atoms with Gasteiger partial charge in [0.2, 0.25) is 5.69 Å². The van der Waals surface area contributed by atoms with Gasteiger partial charge in [-0.15, -0.1) is 0 Å². The van der Waals surface area contributed by atoms with Gasteiger partial charge in [-0.25, -0.2) is 4.79 Å². The maximum absolute atomic E-state index is 11.2. The molecule has 4 heteroatoms. The molecule has 3 aromatic rings. The molecule has 0 aliphatic rings. The second-order valence-electron chi connectivity index (χ2n) is 6.91. The molecule has 0 aliphatic carbocycles. The summed E-state index contributed by atoms with van der Waals surface area (Å²) in [5, 5.41) is 9.18. The fourth-order valence-electron chi connectivity index (χ4n) is 2.96. The summed E-state index contributed by atoms with van der Waals surface area (Å²) in [5.41, 5.74) is 4.82. The van der Waals surface area contributed by atoms with Crippen molar-refractivity contribution in [3.63, 3.8) is 0 Å². The molecule has 0 saturated heterocycles. The zero-order chi connectivity index (χ0) is 19.2. The molecule has 0 radical (unpaired) electrons. The second-order valence-corrected chi connectivity index (χ2v) is 6.91. The van der Waals surface area contributed by atoms with Gasteiger partial charge in [-0.05, 0) is 41.3 Å². The van der Waals surface area contributed by atoms with Crippen LogP contribution in [0.5, 0.6) is 0 Å². The van der Waals surface area contributed by atoms with E-state index in [1.165, 1.54) is 5.56 Å². The van der Waals surface area contributed by atoms with Gasteiger partial charge in [0, 0.05) is 23.8 Å². The predicted octanol–water partition coefficient (Wildman–Crippen LogP) is 2.02. The molecule has 0 atom stereocenters. The van der Waals surface area contributed by atoms with Gasteiger partial charge in [0.1, 0.15) is 0 Å². The first-order valence-corrected chi connectivity index (χ1v) is 9.11. The highest BCUT2D eigenvalue weighted by molar-refractivity contribution is 5.87. The van der Waals surface area contributed by atoms with Gasteiger partial charge in [0.15, 0.2) is 12.7 Å². The minimum Gasteiger partial charge on any atom is -1.00 e. The number of carboxylic acid groups (broad SMARTS) is 1. The quantitative estimate of drug-likeness (QED) is 0.651. The first kappa shape index (κ1) is 21.4. The minimum absolute atomic E-state index is 0. The number of aromatic carboxylic acids is 1. The zero-order valence-corrected chi connectivity index (χ0v) is 16.8. The summed E-state index contributed by atoms with van der Waals surface area (Å²) in [6, 6.07) is 21.7. The van der Waals surface area contributed by atoms with Crippen molar-refractivity contribution in [1.82, 2.24) is 0 Å². The molecule has 2 aromatic carbocycles. The molecule has 0 amide bonds. The molecule has 1 aromatic heterocycles. The van der Waals surface area contributed by atoms with E-state index in [1.807, 2.05) is 24.4 Å². The first-order chi connectivity index (χ1) is 13.0. The lowest BCUT2D eigenvalue weighted by molar-refractivity contribution is -0.690. The summed E-state index contributed by atoms with van der Waals surface area (Å²) in [4.78, 5) is 11.2. The molecule has 0 spiro atoms. The molecule has 0 fully saturated rings. The smallest absolute Gasteiger partial charge is 0.335 e. The predicted molar refractivity (Wildman–Crippen MR) is 109 cm³/mol. The molecule has 28 heavy (non-hydrogen) atoms. The summed E-state index contributed by atoms with van der Waals surface area (Å²) >= 11 is 0. The maximum Gasteiger partial charge on any atom is 0.335 e. The fourth-order valence-corrected chi connectivity index (χ4v) is 2.96. The van der Waals surface area contributed by atoms with Crippen LogP contribution < -0.4 is 17.0 Å². The van der Waals surface area contributed by atoms with Crippen molar-refractivity contribution in [3.05, 3.63) is 101 Å². The van der Waals surface area contributed by atoms with Gasteiger partial charge in [-0.3, -0.25) is 0 Å². The van der Waals surface area contributed by atoms with E-state index >= 15 is 0 Å². The number of hydrogen-bond acceptors (Lipinski definition) is 1. The molecule has 1 N–H and O–H groups in total. The summed E-state index contributed by atoms with van der Waals surface area (Å²) in [5.74, 6) is -0.374. The number of carboxylic acids is 1. The van der Waals surface area contributed by atoms with Crippen molar-refractivity contribution in [2.75, 3.05) is 0 Å². The lowest BCUT2D eigenvalue weighted by Crippen LogP contribution is -3.00. The molecular formula is C24H24ClNO2.